The van der Waals surface area contributed by atoms with Gasteiger partial charge in [-0.1, -0.05) is 41.1 Å². The van der Waals surface area contributed by atoms with Crippen molar-refractivity contribution in [3.8, 4) is 0 Å². The highest BCUT2D eigenvalue weighted by Gasteiger charge is 2.18. The van der Waals surface area contributed by atoms with E-state index in [1.165, 1.54) is 0 Å². The molecule has 0 fully saturated rings. The van der Waals surface area contributed by atoms with E-state index >= 15 is 0 Å². The van der Waals surface area contributed by atoms with Crippen molar-refractivity contribution in [2.45, 2.75) is 26.3 Å². The lowest BCUT2D eigenvalue weighted by atomic mass is 9.96. The van der Waals surface area contributed by atoms with Gasteiger partial charge in [-0.3, -0.25) is 0 Å². The second-order valence-corrected chi connectivity index (χ2v) is 5.88. The molecule has 2 rings (SSSR count). The van der Waals surface area contributed by atoms with Crippen LogP contribution in [-0.2, 0) is 6.42 Å². The molecule has 1 atom stereocenters. The van der Waals surface area contributed by atoms with E-state index in [4.69, 9.17) is 0 Å². The molecule has 0 spiro atoms. The first kappa shape index (κ1) is 16.1. The zero-order chi connectivity index (χ0) is 15.4. The number of benzene rings is 2. The smallest absolute Gasteiger partial charge is 0.130 e. The standard InChI is InChI=1S/C17H18BrF2N/c1-3-21-17(9-12-6-4-5-7-14(12)18)13-8-11(2)15(19)10-16(13)20/h4-8,10,17,21H,3,9H2,1-2H3. The highest BCUT2D eigenvalue weighted by Crippen LogP contribution is 2.27. The number of hydrogen-bond acceptors (Lipinski definition) is 1. The van der Waals surface area contributed by atoms with Gasteiger partial charge in [-0.15, -0.1) is 0 Å². The second kappa shape index (κ2) is 7.14. The van der Waals surface area contributed by atoms with Gasteiger partial charge in [-0.25, -0.2) is 8.78 Å². The minimum Gasteiger partial charge on any atom is -0.310 e. The van der Waals surface area contributed by atoms with Crippen molar-refractivity contribution in [2.75, 3.05) is 6.54 Å². The van der Waals surface area contributed by atoms with Gasteiger partial charge in [0.05, 0.1) is 0 Å². The van der Waals surface area contributed by atoms with Gasteiger partial charge in [-0.2, -0.15) is 0 Å². The number of likely N-dealkylation sites (N-methyl/N-ethyl adjacent to an activating group) is 1. The summed E-state index contributed by atoms with van der Waals surface area (Å²) in [6.07, 6.45) is 0.636. The van der Waals surface area contributed by atoms with E-state index in [0.717, 1.165) is 16.1 Å². The third-order valence-corrected chi connectivity index (χ3v) is 4.26. The van der Waals surface area contributed by atoms with Crippen LogP contribution in [0, 0.1) is 18.6 Å². The summed E-state index contributed by atoms with van der Waals surface area (Å²) in [5, 5.41) is 3.28. The SMILES string of the molecule is CCNC(Cc1ccccc1Br)c1cc(C)c(F)cc1F. The van der Waals surface area contributed by atoms with Gasteiger partial charge in [0.25, 0.3) is 0 Å². The number of aryl methyl sites for hydroxylation is 1. The van der Waals surface area contributed by atoms with Crippen molar-refractivity contribution in [1.29, 1.82) is 0 Å². The maximum atomic E-state index is 14.1. The Kier molecular flexibility index (Phi) is 5.48. The van der Waals surface area contributed by atoms with Gasteiger partial charge < -0.3 is 5.32 Å². The second-order valence-electron chi connectivity index (χ2n) is 5.03. The number of nitrogens with one attached hydrogen (secondary N) is 1. The molecule has 0 radical (unpaired) electrons. The lowest BCUT2D eigenvalue weighted by Gasteiger charge is -2.20. The van der Waals surface area contributed by atoms with Crippen molar-refractivity contribution in [2.24, 2.45) is 0 Å². The lowest BCUT2D eigenvalue weighted by Crippen LogP contribution is -2.24. The Morgan fingerprint density at radius 1 is 1.14 bits per heavy atom. The monoisotopic (exact) mass is 353 g/mol. The first-order valence-corrected chi connectivity index (χ1v) is 7.74. The summed E-state index contributed by atoms with van der Waals surface area (Å²) in [6, 6.07) is 10.2. The quantitative estimate of drug-likeness (QED) is 0.803. The summed E-state index contributed by atoms with van der Waals surface area (Å²) in [6.45, 7) is 4.34. The van der Waals surface area contributed by atoms with E-state index in [-0.39, 0.29) is 6.04 Å². The molecule has 4 heteroatoms. The molecule has 2 aromatic rings. The molecule has 0 aliphatic rings. The molecule has 112 valence electrons. The van der Waals surface area contributed by atoms with Gasteiger partial charge in [-0.05, 0) is 43.1 Å². The van der Waals surface area contributed by atoms with E-state index in [1.807, 2.05) is 31.2 Å². The Balaban J connectivity index is 2.35. The maximum Gasteiger partial charge on any atom is 0.130 e. The van der Waals surface area contributed by atoms with Crippen LogP contribution in [0.4, 0.5) is 8.78 Å². The Morgan fingerprint density at radius 2 is 1.86 bits per heavy atom. The fourth-order valence-corrected chi connectivity index (χ4v) is 2.82. The molecular formula is C17H18BrF2N. The molecule has 1 N–H and O–H groups in total. The van der Waals surface area contributed by atoms with Crippen LogP contribution in [0.2, 0.25) is 0 Å². The Bertz CT molecular complexity index is 628. The zero-order valence-electron chi connectivity index (χ0n) is 12.1. The number of rotatable bonds is 5. The summed E-state index contributed by atoms with van der Waals surface area (Å²) >= 11 is 3.51. The third kappa shape index (κ3) is 3.89. The molecular weight excluding hydrogens is 336 g/mol. The first-order valence-electron chi connectivity index (χ1n) is 6.95. The summed E-state index contributed by atoms with van der Waals surface area (Å²) in [5.41, 5.74) is 2.05. The molecule has 1 nitrogen and oxygen atoms in total. The average Bonchev–Trinajstić information content (AvgIpc) is 2.45. The molecule has 2 aromatic carbocycles. The maximum absolute atomic E-state index is 14.1. The third-order valence-electron chi connectivity index (χ3n) is 3.49. The van der Waals surface area contributed by atoms with Gasteiger partial charge in [0.2, 0.25) is 0 Å². The number of hydrogen-bond donors (Lipinski definition) is 1. The summed E-state index contributed by atoms with van der Waals surface area (Å²) in [4.78, 5) is 0. The molecule has 0 saturated heterocycles. The van der Waals surface area contributed by atoms with Crippen LogP contribution < -0.4 is 5.32 Å². The Morgan fingerprint density at radius 3 is 2.52 bits per heavy atom. The molecule has 0 aliphatic heterocycles. The number of halogens is 3. The Hall–Kier alpha value is -1.26. The van der Waals surface area contributed by atoms with E-state index in [1.54, 1.807) is 13.0 Å². The fourth-order valence-electron chi connectivity index (χ4n) is 2.37. The van der Waals surface area contributed by atoms with Gasteiger partial charge in [0.15, 0.2) is 0 Å². The first-order chi connectivity index (χ1) is 10.0. The van der Waals surface area contributed by atoms with Crippen molar-refractivity contribution < 1.29 is 8.78 Å². The van der Waals surface area contributed by atoms with Gasteiger partial charge in [0.1, 0.15) is 11.6 Å². The molecule has 0 saturated carbocycles. The summed E-state index contributed by atoms with van der Waals surface area (Å²) in [7, 11) is 0. The van der Waals surface area contributed by atoms with Crippen molar-refractivity contribution in [1.82, 2.24) is 5.32 Å². The average molecular weight is 354 g/mol. The molecule has 0 amide bonds. The van der Waals surface area contributed by atoms with Crippen molar-refractivity contribution in [3.05, 3.63) is 69.2 Å². The predicted octanol–water partition coefficient (Wildman–Crippen LogP) is 4.93. The summed E-state index contributed by atoms with van der Waals surface area (Å²) in [5.74, 6) is -1.01. The summed E-state index contributed by atoms with van der Waals surface area (Å²) < 4.78 is 28.5. The van der Waals surface area contributed by atoms with Crippen LogP contribution in [-0.4, -0.2) is 6.54 Å². The predicted molar refractivity (Wildman–Crippen MR) is 85.4 cm³/mol. The van der Waals surface area contributed by atoms with Gasteiger partial charge in [0, 0.05) is 22.1 Å². The van der Waals surface area contributed by atoms with Crippen molar-refractivity contribution >= 4 is 15.9 Å². The minimum absolute atomic E-state index is 0.187. The van der Waals surface area contributed by atoms with Crippen LogP contribution in [0.25, 0.3) is 0 Å². The van der Waals surface area contributed by atoms with Crippen molar-refractivity contribution in [3.63, 3.8) is 0 Å². The van der Waals surface area contributed by atoms with Crippen LogP contribution >= 0.6 is 15.9 Å². The van der Waals surface area contributed by atoms with E-state index < -0.39 is 11.6 Å². The molecule has 0 aliphatic carbocycles. The molecule has 0 heterocycles. The minimum atomic E-state index is -0.507. The molecule has 0 aromatic heterocycles. The van der Waals surface area contributed by atoms with E-state index in [9.17, 15) is 8.78 Å². The lowest BCUT2D eigenvalue weighted by molar-refractivity contribution is 0.500. The van der Waals surface area contributed by atoms with Gasteiger partial charge >= 0.3 is 0 Å². The largest absolute Gasteiger partial charge is 0.310 e. The van der Waals surface area contributed by atoms with E-state index in [2.05, 4.69) is 21.2 Å². The zero-order valence-corrected chi connectivity index (χ0v) is 13.7. The van der Waals surface area contributed by atoms with E-state index in [0.29, 0.717) is 24.1 Å². The highest BCUT2D eigenvalue weighted by atomic mass is 79.9. The normalized spacial score (nSPS) is 12.4. The highest BCUT2D eigenvalue weighted by molar-refractivity contribution is 9.10. The Labute approximate surface area is 132 Å². The fraction of sp³-hybridized carbons (Fsp3) is 0.294. The van der Waals surface area contributed by atoms with Crippen LogP contribution in [0.1, 0.15) is 29.7 Å². The van der Waals surface area contributed by atoms with Crippen LogP contribution in [0.15, 0.2) is 40.9 Å². The molecule has 0 bridgehead atoms. The topological polar surface area (TPSA) is 12.0 Å². The van der Waals surface area contributed by atoms with Crippen LogP contribution in [0.5, 0.6) is 0 Å². The molecule has 21 heavy (non-hydrogen) atoms. The molecule has 1 unspecified atom stereocenters. The van der Waals surface area contributed by atoms with Crippen LogP contribution in [0.3, 0.4) is 0 Å².